The molecule has 0 spiro atoms. The Morgan fingerprint density at radius 2 is 1.94 bits per heavy atom. The maximum atomic E-state index is 12.6. The summed E-state index contributed by atoms with van der Waals surface area (Å²) in [5, 5.41) is 3.37. The molecule has 1 saturated carbocycles. The van der Waals surface area contributed by atoms with E-state index in [1.165, 1.54) is 38.5 Å². The number of nitrogens with zero attached hydrogens (tertiary/aromatic N) is 1. The quantitative estimate of drug-likeness (QED) is 0.752. The van der Waals surface area contributed by atoms with Gasteiger partial charge < -0.3 is 10.2 Å². The fraction of sp³-hybridized carbons (Fsp3) is 0.929. The lowest BCUT2D eigenvalue weighted by molar-refractivity contribution is -0.140. The molecule has 0 radical (unpaired) electrons. The molecule has 17 heavy (non-hydrogen) atoms. The lowest BCUT2D eigenvalue weighted by Gasteiger charge is -2.40. The Kier molecular flexibility index (Phi) is 3.37. The van der Waals surface area contributed by atoms with Gasteiger partial charge in [-0.1, -0.05) is 6.42 Å². The summed E-state index contributed by atoms with van der Waals surface area (Å²) in [7, 11) is 0. The molecule has 0 aromatic carbocycles. The predicted molar refractivity (Wildman–Crippen MR) is 67.7 cm³/mol. The predicted octanol–water partition coefficient (Wildman–Crippen LogP) is 1.78. The lowest BCUT2D eigenvalue weighted by Crippen LogP contribution is -2.51. The van der Waals surface area contributed by atoms with Crippen LogP contribution in [0.25, 0.3) is 0 Å². The van der Waals surface area contributed by atoms with E-state index >= 15 is 0 Å². The molecule has 96 valence electrons. The first-order valence-corrected chi connectivity index (χ1v) is 7.37. The number of nitrogens with one attached hydrogen (secondary N) is 1. The van der Waals surface area contributed by atoms with Crippen LogP contribution in [0.2, 0.25) is 0 Å². The highest BCUT2D eigenvalue weighted by Crippen LogP contribution is 2.37. The van der Waals surface area contributed by atoms with Crippen LogP contribution >= 0.6 is 0 Å². The first-order chi connectivity index (χ1) is 8.36. The molecule has 0 bridgehead atoms. The number of hydrogen-bond donors (Lipinski definition) is 1. The van der Waals surface area contributed by atoms with Gasteiger partial charge in [-0.05, 0) is 51.0 Å². The average molecular weight is 236 g/mol. The van der Waals surface area contributed by atoms with Crippen molar-refractivity contribution in [3.8, 4) is 0 Å². The van der Waals surface area contributed by atoms with Crippen molar-refractivity contribution in [2.75, 3.05) is 19.6 Å². The number of carbonyl (C=O) groups excluding carboxylic acids is 1. The molecule has 3 heteroatoms. The van der Waals surface area contributed by atoms with Gasteiger partial charge >= 0.3 is 0 Å². The number of fused-ring (bicyclic) bond motifs is 1. The maximum absolute atomic E-state index is 12.6. The SMILES string of the molecule is O=C([C@@H]1CCCNC1)N1CCCC2CCCC21. The fourth-order valence-electron chi connectivity index (χ4n) is 4.02. The van der Waals surface area contributed by atoms with Crippen LogP contribution in [-0.2, 0) is 4.79 Å². The second kappa shape index (κ2) is 4.97. The molecule has 3 aliphatic rings. The summed E-state index contributed by atoms with van der Waals surface area (Å²) in [6.07, 6.45) is 8.80. The van der Waals surface area contributed by atoms with Crippen LogP contribution in [0.3, 0.4) is 0 Å². The molecule has 2 unspecified atom stereocenters. The van der Waals surface area contributed by atoms with Crippen molar-refractivity contribution in [3.63, 3.8) is 0 Å². The van der Waals surface area contributed by atoms with Crippen molar-refractivity contribution < 1.29 is 4.79 Å². The minimum absolute atomic E-state index is 0.267. The molecule has 0 aromatic heterocycles. The van der Waals surface area contributed by atoms with Crippen LogP contribution in [0.1, 0.15) is 44.9 Å². The van der Waals surface area contributed by atoms with E-state index in [4.69, 9.17) is 0 Å². The molecule has 1 amide bonds. The van der Waals surface area contributed by atoms with Crippen LogP contribution in [0.4, 0.5) is 0 Å². The van der Waals surface area contributed by atoms with E-state index in [0.717, 1.165) is 32.0 Å². The third-order valence-corrected chi connectivity index (χ3v) is 4.92. The van der Waals surface area contributed by atoms with Gasteiger partial charge in [0.2, 0.25) is 5.91 Å². The van der Waals surface area contributed by atoms with Gasteiger partial charge in [-0.15, -0.1) is 0 Å². The molecule has 1 aliphatic carbocycles. The van der Waals surface area contributed by atoms with E-state index in [1.807, 2.05) is 0 Å². The highest BCUT2D eigenvalue weighted by Gasteiger charge is 2.39. The van der Waals surface area contributed by atoms with Crippen molar-refractivity contribution in [2.24, 2.45) is 11.8 Å². The van der Waals surface area contributed by atoms with Gasteiger partial charge in [0.25, 0.3) is 0 Å². The fourth-order valence-corrected chi connectivity index (χ4v) is 4.02. The summed E-state index contributed by atoms with van der Waals surface area (Å²) in [5.41, 5.74) is 0. The normalized spacial score (nSPS) is 37.9. The van der Waals surface area contributed by atoms with E-state index in [9.17, 15) is 4.79 Å². The van der Waals surface area contributed by atoms with Gasteiger partial charge in [0, 0.05) is 19.1 Å². The zero-order valence-electron chi connectivity index (χ0n) is 10.7. The highest BCUT2D eigenvalue weighted by atomic mass is 16.2. The Hall–Kier alpha value is -0.570. The van der Waals surface area contributed by atoms with E-state index in [0.29, 0.717) is 11.9 Å². The molecule has 3 fully saturated rings. The Labute approximate surface area is 104 Å². The zero-order valence-corrected chi connectivity index (χ0v) is 10.7. The van der Waals surface area contributed by atoms with Crippen molar-refractivity contribution in [1.29, 1.82) is 0 Å². The number of hydrogen-bond acceptors (Lipinski definition) is 2. The van der Waals surface area contributed by atoms with Gasteiger partial charge in [0.15, 0.2) is 0 Å². The third-order valence-electron chi connectivity index (χ3n) is 4.92. The molecule has 2 heterocycles. The third kappa shape index (κ3) is 2.22. The molecule has 3 nitrogen and oxygen atoms in total. The van der Waals surface area contributed by atoms with Gasteiger partial charge in [0.1, 0.15) is 0 Å². The standard InChI is InChI=1S/C14H24N2O/c17-14(12-5-2-8-15-10-12)16-9-3-6-11-4-1-7-13(11)16/h11-13,15H,1-10H2/t11?,12-,13?/m1/s1. The summed E-state index contributed by atoms with van der Waals surface area (Å²) in [5.74, 6) is 1.54. The summed E-state index contributed by atoms with van der Waals surface area (Å²) in [6.45, 7) is 3.03. The Morgan fingerprint density at radius 3 is 2.76 bits per heavy atom. The van der Waals surface area contributed by atoms with Gasteiger partial charge in [0.05, 0.1) is 5.92 Å². The van der Waals surface area contributed by atoms with Crippen LogP contribution < -0.4 is 5.32 Å². The van der Waals surface area contributed by atoms with Crippen molar-refractivity contribution in [1.82, 2.24) is 10.2 Å². The highest BCUT2D eigenvalue weighted by molar-refractivity contribution is 5.79. The Morgan fingerprint density at radius 1 is 1.06 bits per heavy atom. The summed E-state index contributed by atoms with van der Waals surface area (Å²) in [4.78, 5) is 14.8. The van der Waals surface area contributed by atoms with Crippen molar-refractivity contribution in [2.45, 2.75) is 51.0 Å². The minimum atomic E-state index is 0.267. The number of carbonyl (C=O) groups is 1. The maximum Gasteiger partial charge on any atom is 0.227 e. The van der Waals surface area contributed by atoms with Crippen molar-refractivity contribution in [3.05, 3.63) is 0 Å². The molecule has 3 rings (SSSR count). The average Bonchev–Trinajstić information content (AvgIpc) is 2.87. The van der Waals surface area contributed by atoms with Gasteiger partial charge in [-0.2, -0.15) is 0 Å². The molecule has 1 N–H and O–H groups in total. The van der Waals surface area contributed by atoms with Crippen LogP contribution in [-0.4, -0.2) is 36.5 Å². The number of piperidine rings is 2. The van der Waals surface area contributed by atoms with Crippen molar-refractivity contribution >= 4 is 5.91 Å². The first-order valence-electron chi connectivity index (χ1n) is 7.37. The second-order valence-corrected chi connectivity index (χ2v) is 5.98. The summed E-state index contributed by atoms with van der Waals surface area (Å²) in [6, 6.07) is 0.596. The van der Waals surface area contributed by atoms with Crippen LogP contribution in [0.5, 0.6) is 0 Å². The molecule has 2 saturated heterocycles. The van der Waals surface area contributed by atoms with E-state index in [1.54, 1.807) is 0 Å². The molecular formula is C14H24N2O. The summed E-state index contributed by atoms with van der Waals surface area (Å²) >= 11 is 0. The Balaban J connectivity index is 1.67. The van der Waals surface area contributed by atoms with E-state index in [2.05, 4.69) is 10.2 Å². The van der Waals surface area contributed by atoms with Gasteiger partial charge in [-0.25, -0.2) is 0 Å². The summed E-state index contributed by atoms with van der Waals surface area (Å²) < 4.78 is 0. The zero-order chi connectivity index (χ0) is 11.7. The topological polar surface area (TPSA) is 32.3 Å². The molecule has 2 aliphatic heterocycles. The number of likely N-dealkylation sites (tertiary alicyclic amines) is 1. The number of amides is 1. The molecular weight excluding hydrogens is 212 g/mol. The monoisotopic (exact) mass is 236 g/mol. The molecule has 3 atom stereocenters. The Bertz CT molecular complexity index is 286. The second-order valence-electron chi connectivity index (χ2n) is 5.98. The smallest absolute Gasteiger partial charge is 0.227 e. The van der Waals surface area contributed by atoms with E-state index in [-0.39, 0.29) is 5.92 Å². The van der Waals surface area contributed by atoms with Crippen LogP contribution in [0, 0.1) is 11.8 Å². The van der Waals surface area contributed by atoms with Gasteiger partial charge in [-0.3, -0.25) is 4.79 Å². The van der Waals surface area contributed by atoms with Crippen LogP contribution in [0.15, 0.2) is 0 Å². The first kappa shape index (κ1) is 11.5. The largest absolute Gasteiger partial charge is 0.339 e. The lowest BCUT2D eigenvalue weighted by atomic mass is 9.89. The number of rotatable bonds is 1. The van der Waals surface area contributed by atoms with E-state index < -0.39 is 0 Å². The molecule has 0 aromatic rings. The minimum Gasteiger partial charge on any atom is -0.339 e.